The topological polar surface area (TPSA) is 237 Å². The van der Waals surface area contributed by atoms with Crippen molar-refractivity contribution >= 4 is 39.5 Å². The molecule has 0 radical (unpaired) electrons. The standard InChI is InChI=1S/C71H138O17P2/c1-7-9-11-13-15-36-43-49-55-70(75)87-66(59-81-68(73)53-47-41-33-14-12-10-8-2)61-85-89(77,78)83-57-65(72)58-84-90(79,80)86-62-67(60-82-69(74)54-48-42-37-31-27-24-20-22-26-30-35-40-46-52-64(5)6)88-71(76)56-50-44-38-32-28-23-19-17-16-18-21-25-29-34-39-45-51-63(3)4/h63-67,72H,7-62H2,1-6H3,(H,77,78)(H,79,80)/t65-,66+,67+/m0/s1. The summed E-state index contributed by atoms with van der Waals surface area (Å²) in [7, 11) is -9.89. The molecule has 534 valence electrons. The number of ether oxygens (including phenoxy) is 4. The summed E-state index contributed by atoms with van der Waals surface area (Å²) in [6.07, 6.45) is 48.8. The molecular weight excluding hydrogens is 1190 g/mol. The highest BCUT2D eigenvalue weighted by molar-refractivity contribution is 7.47. The van der Waals surface area contributed by atoms with Gasteiger partial charge in [-0.05, 0) is 37.5 Å². The second-order valence-electron chi connectivity index (χ2n) is 26.6. The molecule has 0 spiro atoms. The Morgan fingerprint density at radius 1 is 0.300 bits per heavy atom. The van der Waals surface area contributed by atoms with Gasteiger partial charge in [-0.1, -0.05) is 311 Å². The first-order valence-corrected chi connectivity index (χ1v) is 40.0. The normalized spacial score (nSPS) is 14.1. The van der Waals surface area contributed by atoms with Crippen molar-refractivity contribution in [3.05, 3.63) is 0 Å². The van der Waals surface area contributed by atoms with E-state index in [1.54, 1.807) is 0 Å². The summed E-state index contributed by atoms with van der Waals surface area (Å²) in [5.41, 5.74) is 0. The van der Waals surface area contributed by atoms with Crippen molar-refractivity contribution in [3.63, 3.8) is 0 Å². The number of unbranched alkanes of at least 4 members (excludes halogenated alkanes) is 40. The minimum atomic E-state index is -4.95. The minimum absolute atomic E-state index is 0.105. The number of phosphoric ester groups is 2. The van der Waals surface area contributed by atoms with Crippen LogP contribution >= 0.6 is 15.6 Å². The molecule has 0 saturated heterocycles. The molecule has 0 heterocycles. The van der Waals surface area contributed by atoms with Crippen LogP contribution in [0.25, 0.3) is 0 Å². The van der Waals surface area contributed by atoms with E-state index in [9.17, 15) is 43.2 Å². The summed E-state index contributed by atoms with van der Waals surface area (Å²) < 4.78 is 68.1. The molecular formula is C71H138O17P2. The predicted octanol–water partition coefficient (Wildman–Crippen LogP) is 20.4. The molecule has 0 saturated carbocycles. The fourth-order valence-corrected chi connectivity index (χ4v) is 12.3. The number of aliphatic hydroxyl groups excluding tert-OH is 1. The lowest BCUT2D eigenvalue weighted by atomic mass is 10.0. The first-order valence-electron chi connectivity index (χ1n) is 37.0. The summed E-state index contributed by atoms with van der Waals surface area (Å²) in [4.78, 5) is 72.3. The van der Waals surface area contributed by atoms with Crippen molar-refractivity contribution in [3.8, 4) is 0 Å². The lowest BCUT2D eigenvalue weighted by Crippen LogP contribution is -2.30. The van der Waals surface area contributed by atoms with Crippen LogP contribution in [-0.4, -0.2) is 96.7 Å². The van der Waals surface area contributed by atoms with Crippen LogP contribution in [-0.2, 0) is 65.4 Å². The number of esters is 4. The molecule has 0 aliphatic rings. The molecule has 0 amide bonds. The molecule has 19 heteroatoms. The fourth-order valence-electron chi connectivity index (χ4n) is 10.8. The lowest BCUT2D eigenvalue weighted by Gasteiger charge is -2.21. The van der Waals surface area contributed by atoms with Gasteiger partial charge in [0.25, 0.3) is 0 Å². The van der Waals surface area contributed by atoms with E-state index < -0.39 is 97.5 Å². The van der Waals surface area contributed by atoms with Crippen LogP contribution in [0.4, 0.5) is 0 Å². The third kappa shape index (κ3) is 64.8. The number of carbonyl (C=O) groups excluding carboxylic acids is 4. The molecule has 0 aromatic carbocycles. The molecule has 0 aliphatic heterocycles. The maximum absolute atomic E-state index is 13.0. The monoisotopic (exact) mass is 1320 g/mol. The summed E-state index contributed by atoms with van der Waals surface area (Å²) in [6.45, 7) is 9.53. The average molecular weight is 1330 g/mol. The maximum atomic E-state index is 13.0. The van der Waals surface area contributed by atoms with Gasteiger partial charge < -0.3 is 33.8 Å². The highest BCUT2D eigenvalue weighted by Crippen LogP contribution is 2.45. The Morgan fingerprint density at radius 3 is 0.756 bits per heavy atom. The van der Waals surface area contributed by atoms with E-state index in [-0.39, 0.29) is 25.7 Å². The number of aliphatic hydroxyl groups is 1. The van der Waals surface area contributed by atoms with E-state index in [0.29, 0.717) is 25.7 Å². The van der Waals surface area contributed by atoms with Crippen molar-refractivity contribution in [1.82, 2.24) is 0 Å². The van der Waals surface area contributed by atoms with Gasteiger partial charge in [-0.3, -0.25) is 37.3 Å². The second kappa shape index (κ2) is 63.1. The quantitative estimate of drug-likeness (QED) is 0.0222. The summed E-state index contributed by atoms with van der Waals surface area (Å²) in [5, 5.41) is 10.6. The Morgan fingerprint density at radius 2 is 0.511 bits per heavy atom. The Kier molecular flexibility index (Phi) is 61.8. The molecule has 90 heavy (non-hydrogen) atoms. The first-order chi connectivity index (χ1) is 43.4. The van der Waals surface area contributed by atoms with Gasteiger partial charge in [-0.2, -0.15) is 0 Å². The van der Waals surface area contributed by atoms with Gasteiger partial charge in [-0.25, -0.2) is 9.13 Å². The van der Waals surface area contributed by atoms with Crippen LogP contribution in [0.3, 0.4) is 0 Å². The smallest absolute Gasteiger partial charge is 0.462 e. The molecule has 0 aromatic heterocycles. The minimum Gasteiger partial charge on any atom is -0.462 e. The molecule has 0 bridgehead atoms. The number of carbonyl (C=O) groups is 4. The Bertz CT molecular complexity index is 1750. The molecule has 17 nitrogen and oxygen atoms in total. The summed E-state index contributed by atoms with van der Waals surface area (Å²) >= 11 is 0. The zero-order valence-electron chi connectivity index (χ0n) is 58.4. The van der Waals surface area contributed by atoms with Gasteiger partial charge in [0.2, 0.25) is 0 Å². The molecule has 2 unspecified atom stereocenters. The zero-order chi connectivity index (χ0) is 66.5. The van der Waals surface area contributed by atoms with E-state index in [0.717, 1.165) is 121 Å². The third-order valence-corrected chi connectivity index (χ3v) is 18.4. The molecule has 0 aromatic rings. The highest BCUT2D eigenvalue weighted by Gasteiger charge is 2.30. The van der Waals surface area contributed by atoms with Crippen LogP contribution in [0, 0.1) is 11.8 Å². The van der Waals surface area contributed by atoms with Crippen molar-refractivity contribution in [2.45, 2.75) is 381 Å². The van der Waals surface area contributed by atoms with Crippen molar-refractivity contribution in [1.29, 1.82) is 0 Å². The van der Waals surface area contributed by atoms with E-state index >= 15 is 0 Å². The zero-order valence-corrected chi connectivity index (χ0v) is 60.2. The van der Waals surface area contributed by atoms with Crippen LogP contribution in [0.2, 0.25) is 0 Å². The lowest BCUT2D eigenvalue weighted by molar-refractivity contribution is -0.161. The van der Waals surface area contributed by atoms with E-state index in [4.69, 9.17) is 37.0 Å². The van der Waals surface area contributed by atoms with Gasteiger partial charge in [0.1, 0.15) is 19.3 Å². The molecule has 0 aliphatic carbocycles. The number of hydrogen-bond donors (Lipinski definition) is 3. The summed E-state index contributed by atoms with van der Waals surface area (Å²) in [6, 6.07) is 0. The fraction of sp³-hybridized carbons (Fsp3) is 0.944. The number of phosphoric acid groups is 2. The molecule has 0 rings (SSSR count). The van der Waals surface area contributed by atoms with Gasteiger partial charge in [0.05, 0.1) is 26.4 Å². The first kappa shape index (κ1) is 88.1. The van der Waals surface area contributed by atoms with Gasteiger partial charge >= 0.3 is 39.5 Å². The Hall–Kier alpha value is -1.94. The Labute approximate surface area is 549 Å². The summed E-state index contributed by atoms with van der Waals surface area (Å²) in [5.74, 6) is -0.529. The van der Waals surface area contributed by atoms with Gasteiger partial charge in [0.15, 0.2) is 12.2 Å². The van der Waals surface area contributed by atoms with E-state index in [1.165, 1.54) is 161 Å². The predicted molar refractivity (Wildman–Crippen MR) is 363 cm³/mol. The number of hydrogen-bond acceptors (Lipinski definition) is 15. The van der Waals surface area contributed by atoms with Gasteiger partial charge in [-0.15, -0.1) is 0 Å². The van der Waals surface area contributed by atoms with Gasteiger partial charge in [0, 0.05) is 25.7 Å². The van der Waals surface area contributed by atoms with Crippen LogP contribution < -0.4 is 0 Å². The van der Waals surface area contributed by atoms with Crippen LogP contribution in [0.1, 0.15) is 363 Å². The highest BCUT2D eigenvalue weighted by atomic mass is 31.2. The molecule has 3 N–H and O–H groups in total. The third-order valence-electron chi connectivity index (χ3n) is 16.5. The molecule has 0 fully saturated rings. The van der Waals surface area contributed by atoms with Crippen LogP contribution in [0.15, 0.2) is 0 Å². The Balaban J connectivity index is 5.15. The molecule has 5 atom stereocenters. The van der Waals surface area contributed by atoms with E-state index in [2.05, 4.69) is 41.5 Å². The maximum Gasteiger partial charge on any atom is 0.472 e. The largest absolute Gasteiger partial charge is 0.472 e. The van der Waals surface area contributed by atoms with Crippen molar-refractivity contribution < 1.29 is 80.2 Å². The number of rotatable bonds is 70. The van der Waals surface area contributed by atoms with Crippen molar-refractivity contribution in [2.75, 3.05) is 39.6 Å². The SMILES string of the molecule is CCCCCCCCCCC(=O)O[C@H](COC(=O)CCCCCCCCC)COP(=O)(O)OC[C@H](O)COP(=O)(O)OC[C@@H](COC(=O)CCCCCCCCCCCCCCCC(C)C)OC(=O)CCCCCCCCCCCCCCCCCCC(C)C. The van der Waals surface area contributed by atoms with Crippen molar-refractivity contribution in [2.24, 2.45) is 11.8 Å². The average Bonchev–Trinajstić information content (AvgIpc) is 3.15. The second-order valence-corrected chi connectivity index (χ2v) is 29.5. The van der Waals surface area contributed by atoms with Crippen LogP contribution in [0.5, 0.6) is 0 Å². The van der Waals surface area contributed by atoms with E-state index in [1.807, 2.05) is 0 Å².